The van der Waals surface area contributed by atoms with Crippen molar-refractivity contribution in [3.8, 4) is 17.2 Å². The predicted octanol–water partition coefficient (Wildman–Crippen LogP) is 1.51. The van der Waals surface area contributed by atoms with Gasteiger partial charge in [0.2, 0.25) is 11.7 Å². The number of hydrogen-bond acceptors (Lipinski definition) is 8. The Kier molecular flexibility index (Phi) is 7.70. The van der Waals surface area contributed by atoms with Crippen molar-refractivity contribution >= 4 is 34.9 Å². The fraction of sp³-hybridized carbons (Fsp3) is 0.389. The first-order valence-electron chi connectivity index (χ1n) is 8.26. The van der Waals surface area contributed by atoms with E-state index >= 15 is 0 Å². The first-order chi connectivity index (χ1) is 13.4. The molecule has 28 heavy (non-hydrogen) atoms. The zero-order chi connectivity index (χ0) is 20.7. The highest BCUT2D eigenvalue weighted by Crippen LogP contribution is 2.40. The van der Waals surface area contributed by atoms with Gasteiger partial charge in [-0.25, -0.2) is 0 Å². The van der Waals surface area contributed by atoms with Gasteiger partial charge in [0.1, 0.15) is 6.61 Å². The van der Waals surface area contributed by atoms with E-state index < -0.39 is 11.1 Å². The van der Waals surface area contributed by atoms with Crippen LogP contribution in [0.25, 0.3) is 6.08 Å². The Morgan fingerprint density at radius 3 is 2.29 bits per heavy atom. The quantitative estimate of drug-likeness (QED) is 0.611. The van der Waals surface area contributed by atoms with Gasteiger partial charge in [0.25, 0.3) is 11.1 Å². The number of hydrogen-bond donors (Lipinski definition) is 1. The van der Waals surface area contributed by atoms with Crippen LogP contribution in [-0.2, 0) is 14.3 Å². The van der Waals surface area contributed by atoms with E-state index in [9.17, 15) is 14.4 Å². The molecule has 1 aliphatic heterocycles. The molecule has 0 unspecified atom stereocenters. The van der Waals surface area contributed by atoms with Crippen LogP contribution in [0.1, 0.15) is 5.56 Å². The Bertz CT molecular complexity index is 769. The van der Waals surface area contributed by atoms with E-state index in [0.29, 0.717) is 22.8 Å². The van der Waals surface area contributed by atoms with E-state index in [1.54, 1.807) is 18.2 Å². The molecule has 0 spiro atoms. The van der Waals surface area contributed by atoms with E-state index in [4.69, 9.17) is 18.9 Å². The highest BCUT2D eigenvalue weighted by atomic mass is 32.2. The summed E-state index contributed by atoms with van der Waals surface area (Å²) in [6.07, 6.45) is 1.58. The van der Waals surface area contributed by atoms with Gasteiger partial charge in [0, 0.05) is 20.2 Å². The van der Waals surface area contributed by atoms with Crippen molar-refractivity contribution in [1.29, 1.82) is 0 Å². The molecule has 0 atom stereocenters. The Morgan fingerprint density at radius 2 is 1.75 bits per heavy atom. The average molecular weight is 410 g/mol. The molecule has 1 N–H and O–H groups in total. The largest absolute Gasteiger partial charge is 0.493 e. The summed E-state index contributed by atoms with van der Waals surface area (Å²) in [5.74, 6) is 0.565. The van der Waals surface area contributed by atoms with E-state index in [1.807, 2.05) is 0 Å². The molecule has 1 heterocycles. The molecule has 1 aromatic carbocycles. The zero-order valence-corrected chi connectivity index (χ0v) is 16.9. The number of nitrogens with zero attached hydrogens (tertiary/aromatic N) is 1. The topological polar surface area (TPSA) is 103 Å². The van der Waals surface area contributed by atoms with Crippen LogP contribution in [-0.4, -0.2) is 70.1 Å². The molecule has 1 aromatic rings. The van der Waals surface area contributed by atoms with Crippen molar-refractivity contribution in [2.75, 3.05) is 48.1 Å². The third kappa shape index (κ3) is 4.96. The van der Waals surface area contributed by atoms with Gasteiger partial charge in [-0.3, -0.25) is 19.3 Å². The van der Waals surface area contributed by atoms with Crippen LogP contribution in [0.15, 0.2) is 17.0 Å². The number of rotatable bonds is 9. The lowest BCUT2D eigenvalue weighted by atomic mass is 10.1. The van der Waals surface area contributed by atoms with Gasteiger partial charge >= 0.3 is 0 Å². The van der Waals surface area contributed by atoms with Crippen LogP contribution in [0, 0.1) is 0 Å². The summed E-state index contributed by atoms with van der Waals surface area (Å²) in [5, 5.41) is 2.17. The van der Waals surface area contributed by atoms with Crippen LogP contribution in [0.4, 0.5) is 4.79 Å². The summed E-state index contributed by atoms with van der Waals surface area (Å²) in [5.41, 5.74) is 0.619. The molecule has 1 aliphatic rings. The van der Waals surface area contributed by atoms with Gasteiger partial charge in [-0.1, -0.05) is 0 Å². The first kappa shape index (κ1) is 21.6. The van der Waals surface area contributed by atoms with Gasteiger partial charge in [0.05, 0.1) is 26.2 Å². The lowest BCUT2D eigenvalue weighted by Crippen LogP contribution is -2.38. The number of ether oxygens (including phenoxy) is 4. The summed E-state index contributed by atoms with van der Waals surface area (Å²) in [7, 11) is 5.89. The van der Waals surface area contributed by atoms with Crippen molar-refractivity contribution < 1.29 is 33.3 Å². The Hall–Kier alpha value is -2.72. The van der Waals surface area contributed by atoms with Crippen LogP contribution >= 0.6 is 11.8 Å². The summed E-state index contributed by atoms with van der Waals surface area (Å²) in [6.45, 7) is 0.146. The molecule has 0 aromatic heterocycles. The minimum absolute atomic E-state index is 0.0761. The molecule has 1 fully saturated rings. The van der Waals surface area contributed by atoms with Gasteiger partial charge in [0.15, 0.2) is 11.5 Å². The lowest BCUT2D eigenvalue weighted by molar-refractivity contribution is -0.126. The maximum absolute atomic E-state index is 12.5. The highest BCUT2D eigenvalue weighted by molar-refractivity contribution is 8.18. The third-order valence-corrected chi connectivity index (χ3v) is 4.70. The molecule has 9 nitrogen and oxygen atoms in total. The lowest BCUT2D eigenvalue weighted by Gasteiger charge is -2.13. The Labute approximate surface area is 166 Å². The first-order valence-corrected chi connectivity index (χ1v) is 9.07. The summed E-state index contributed by atoms with van der Waals surface area (Å²) in [4.78, 5) is 37.4. The van der Waals surface area contributed by atoms with Crippen molar-refractivity contribution in [3.63, 3.8) is 0 Å². The van der Waals surface area contributed by atoms with Gasteiger partial charge in [-0.2, -0.15) is 0 Å². The molecule has 10 heteroatoms. The molecule has 0 radical (unpaired) electrons. The van der Waals surface area contributed by atoms with Crippen molar-refractivity contribution in [1.82, 2.24) is 10.2 Å². The normalized spacial score (nSPS) is 15.1. The number of amides is 3. The number of carbonyl (C=O) groups is 3. The van der Waals surface area contributed by atoms with Crippen molar-refractivity contribution in [2.24, 2.45) is 0 Å². The third-order valence-electron chi connectivity index (χ3n) is 3.79. The SMILES string of the molecule is COCC(=O)NCCN1C(=O)S/C(=C\c2cc(OC)c(OC)c(OC)c2)C1=O. The molecule has 3 amide bonds. The van der Waals surface area contributed by atoms with Crippen LogP contribution < -0.4 is 19.5 Å². The molecule has 0 bridgehead atoms. The van der Waals surface area contributed by atoms with Crippen LogP contribution in [0.3, 0.4) is 0 Å². The summed E-state index contributed by atoms with van der Waals surface area (Å²) < 4.78 is 20.6. The van der Waals surface area contributed by atoms with Gasteiger partial charge in [-0.15, -0.1) is 0 Å². The Morgan fingerprint density at radius 1 is 1.11 bits per heavy atom. The average Bonchev–Trinajstić information content (AvgIpc) is 2.94. The maximum Gasteiger partial charge on any atom is 0.293 e. The second kappa shape index (κ2) is 10.00. The maximum atomic E-state index is 12.5. The molecule has 1 saturated heterocycles. The summed E-state index contributed by atoms with van der Waals surface area (Å²) >= 11 is 0.831. The highest BCUT2D eigenvalue weighted by Gasteiger charge is 2.34. The predicted molar refractivity (Wildman–Crippen MR) is 104 cm³/mol. The monoisotopic (exact) mass is 410 g/mol. The molecular weight excluding hydrogens is 388 g/mol. The standard InChI is InChI=1S/C18H22N2O7S/c1-24-10-15(21)19-5-6-20-17(22)14(28-18(20)23)9-11-7-12(25-2)16(27-4)13(8-11)26-3/h7-9H,5-6,10H2,1-4H3,(H,19,21)/b14-9-. The smallest absolute Gasteiger partial charge is 0.293 e. The molecule has 152 valence electrons. The van der Waals surface area contributed by atoms with E-state index in [2.05, 4.69) is 5.32 Å². The molecule has 2 rings (SSSR count). The minimum atomic E-state index is -0.426. The second-order valence-electron chi connectivity index (χ2n) is 5.57. The van der Waals surface area contributed by atoms with E-state index in [-0.39, 0.29) is 30.5 Å². The van der Waals surface area contributed by atoms with E-state index in [0.717, 1.165) is 16.7 Å². The molecule has 0 aliphatic carbocycles. The fourth-order valence-corrected chi connectivity index (χ4v) is 3.38. The number of nitrogens with one attached hydrogen (secondary N) is 1. The van der Waals surface area contributed by atoms with E-state index in [1.165, 1.54) is 28.4 Å². The minimum Gasteiger partial charge on any atom is -0.493 e. The number of thioether (sulfide) groups is 1. The number of benzene rings is 1. The Balaban J connectivity index is 2.16. The fourth-order valence-electron chi connectivity index (χ4n) is 2.52. The van der Waals surface area contributed by atoms with Gasteiger partial charge < -0.3 is 24.3 Å². The van der Waals surface area contributed by atoms with Crippen LogP contribution in [0.5, 0.6) is 17.2 Å². The molecule has 0 saturated carbocycles. The zero-order valence-electron chi connectivity index (χ0n) is 16.1. The van der Waals surface area contributed by atoms with Crippen molar-refractivity contribution in [3.05, 3.63) is 22.6 Å². The number of carbonyl (C=O) groups excluding carboxylic acids is 3. The molecular formula is C18H22N2O7S. The number of imide groups is 1. The van der Waals surface area contributed by atoms with Crippen LogP contribution in [0.2, 0.25) is 0 Å². The van der Waals surface area contributed by atoms with Gasteiger partial charge in [-0.05, 0) is 35.5 Å². The second-order valence-corrected chi connectivity index (χ2v) is 6.57. The summed E-state index contributed by atoms with van der Waals surface area (Å²) in [6, 6.07) is 3.36. The number of methoxy groups -OCH3 is 4. The van der Waals surface area contributed by atoms with Crippen molar-refractivity contribution in [2.45, 2.75) is 0 Å².